The molecule has 0 spiro atoms. The van der Waals surface area contributed by atoms with Gasteiger partial charge in [-0.15, -0.1) is 0 Å². The molecule has 3 fully saturated rings. The number of likely N-dealkylation sites (N-methyl/N-ethyl adjacent to an activating group) is 4. The smallest absolute Gasteiger partial charge is 0.132 e. The van der Waals surface area contributed by atoms with Crippen molar-refractivity contribution in [2.24, 2.45) is 5.92 Å². The summed E-state index contributed by atoms with van der Waals surface area (Å²) in [5.41, 5.74) is 15.7. The molecule has 12 aromatic carbocycles. The highest BCUT2D eigenvalue weighted by Gasteiger charge is 2.32. The Morgan fingerprint density at radius 2 is 0.590 bits per heavy atom. The summed E-state index contributed by atoms with van der Waals surface area (Å²) in [6.45, 7) is 19.5. The predicted octanol–water partition coefficient (Wildman–Crippen LogP) is 26.1. The molecule has 0 bridgehead atoms. The summed E-state index contributed by atoms with van der Waals surface area (Å²) >= 11 is 9.42. The van der Waals surface area contributed by atoms with E-state index >= 15 is 0 Å². The Morgan fingerprint density at radius 3 is 0.910 bits per heavy atom. The third kappa shape index (κ3) is 40.5. The maximum atomic E-state index is 6.49. The van der Waals surface area contributed by atoms with Crippen LogP contribution in [-0.4, -0.2) is 232 Å². The molecule has 17 rings (SSSR count). The van der Waals surface area contributed by atoms with Crippen molar-refractivity contribution in [3.05, 3.63) is 488 Å². The first-order valence-electron chi connectivity index (χ1n) is 51.1. The maximum Gasteiger partial charge on any atom is 0.132 e. The van der Waals surface area contributed by atoms with Crippen LogP contribution < -0.4 is 0 Å². The molecule has 18 heteroatoms. The van der Waals surface area contributed by atoms with E-state index in [-0.39, 0.29) is 36.6 Å². The zero-order valence-electron chi connectivity index (χ0n) is 87.0. The van der Waals surface area contributed by atoms with Crippen LogP contribution in [0.25, 0.3) is 0 Å². The fourth-order valence-electron chi connectivity index (χ4n) is 17.1. The number of likely N-dealkylation sites (tertiary alicyclic amines) is 3. The van der Waals surface area contributed by atoms with Crippen molar-refractivity contribution < 1.29 is 33.2 Å². The molecular weight excluding hydrogens is 1870 g/mol. The molecule has 3 saturated heterocycles. The van der Waals surface area contributed by atoms with Gasteiger partial charge >= 0.3 is 0 Å². The summed E-state index contributed by atoms with van der Waals surface area (Å²) in [6.07, 6.45) is 11.4. The van der Waals surface area contributed by atoms with Crippen LogP contribution in [-0.2, 0) is 38.8 Å². The third-order valence-corrected chi connectivity index (χ3v) is 26.4. The van der Waals surface area contributed by atoms with Crippen LogP contribution in [0.15, 0.2) is 405 Å². The number of benzene rings is 12. The molecule has 760 valence electrons. The van der Waals surface area contributed by atoms with Crippen molar-refractivity contribution >= 4 is 27.5 Å². The zero-order chi connectivity index (χ0) is 102. The number of hydrogen-bond donors (Lipinski definition) is 0. The van der Waals surface area contributed by atoms with Gasteiger partial charge in [0.15, 0.2) is 0 Å². The number of halogens is 2. The van der Waals surface area contributed by atoms with Gasteiger partial charge in [-0.05, 0) is 250 Å². The van der Waals surface area contributed by atoms with Gasteiger partial charge in [0, 0.05) is 80.8 Å². The lowest BCUT2D eigenvalue weighted by Gasteiger charge is -2.32. The van der Waals surface area contributed by atoms with Crippen molar-refractivity contribution in [3.8, 4) is 0 Å². The Balaban J connectivity index is 0.000000160. The molecule has 0 saturated carbocycles. The van der Waals surface area contributed by atoms with Crippen molar-refractivity contribution in [1.29, 1.82) is 0 Å². The first kappa shape index (κ1) is 113. The van der Waals surface area contributed by atoms with Gasteiger partial charge in [-0.25, -0.2) is 0 Å². The molecule has 3 aliphatic rings. The lowest BCUT2D eigenvalue weighted by Crippen LogP contribution is -2.35. The summed E-state index contributed by atoms with van der Waals surface area (Å²) in [5, 5.41) is 0.724. The molecule has 144 heavy (non-hydrogen) atoms. The van der Waals surface area contributed by atoms with E-state index < -0.39 is 5.60 Å². The van der Waals surface area contributed by atoms with E-state index in [2.05, 4.69) is 408 Å². The summed E-state index contributed by atoms with van der Waals surface area (Å²) < 4.78 is 44.8. The Morgan fingerprint density at radius 1 is 0.312 bits per heavy atom. The first-order valence-corrected chi connectivity index (χ1v) is 52.3. The van der Waals surface area contributed by atoms with Gasteiger partial charge in [-0.1, -0.05) is 374 Å². The Labute approximate surface area is 875 Å². The van der Waals surface area contributed by atoms with E-state index in [1.54, 1.807) is 6.20 Å². The van der Waals surface area contributed by atoms with Crippen LogP contribution in [0.1, 0.15) is 167 Å². The van der Waals surface area contributed by atoms with Crippen molar-refractivity contribution in [2.75, 3.05) is 176 Å². The average molecular weight is 2020 g/mol. The molecule has 3 atom stereocenters. The molecule has 0 N–H and O–H groups in total. The second-order valence-electron chi connectivity index (χ2n) is 38.3. The molecular formula is C126H155BrClN9O7. The van der Waals surface area contributed by atoms with Gasteiger partial charge in [0.05, 0.1) is 56.6 Å². The van der Waals surface area contributed by atoms with E-state index in [4.69, 9.17) is 44.8 Å². The minimum absolute atomic E-state index is 0.00995. The second-order valence-corrected chi connectivity index (χ2v) is 39.6. The normalized spacial score (nSPS) is 14.7. The Hall–Kier alpha value is -10.9. The monoisotopic (exact) mass is 2020 g/mol. The number of pyridine rings is 2. The number of piperidine rings is 3. The van der Waals surface area contributed by atoms with Gasteiger partial charge in [0.1, 0.15) is 42.2 Å². The quantitative estimate of drug-likeness (QED) is 0.0365. The van der Waals surface area contributed by atoms with Crippen LogP contribution in [0.3, 0.4) is 0 Å². The van der Waals surface area contributed by atoms with Crippen molar-refractivity contribution in [1.82, 2.24) is 44.3 Å². The number of ether oxygens (including phenoxy) is 7. The van der Waals surface area contributed by atoms with Crippen molar-refractivity contribution in [2.45, 2.75) is 107 Å². The summed E-state index contributed by atoms with van der Waals surface area (Å²) in [6, 6.07) is 132. The zero-order valence-corrected chi connectivity index (χ0v) is 89.3. The molecule has 0 aliphatic carbocycles. The topological polar surface area (TPSA) is 113 Å². The Kier molecular flexibility index (Phi) is 50.6. The fraction of sp³-hybridized carbons (Fsp3) is 0.349. The van der Waals surface area contributed by atoms with Crippen LogP contribution in [0.5, 0.6) is 0 Å². The van der Waals surface area contributed by atoms with Crippen LogP contribution in [0.2, 0.25) is 5.02 Å². The van der Waals surface area contributed by atoms with E-state index in [0.717, 1.165) is 136 Å². The van der Waals surface area contributed by atoms with E-state index in [1.807, 2.05) is 131 Å². The van der Waals surface area contributed by atoms with Gasteiger partial charge in [0.25, 0.3) is 0 Å². The summed E-state index contributed by atoms with van der Waals surface area (Å²) in [4.78, 5) is 24.6. The van der Waals surface area contributed by atoms with Gasteiger partial charge in [-0.2, -0.15) is 0 Å². The maximum absolute atomic E-state index is 6.49. The minimum atomic E-state index is -0.515. The average Bonchev–Trinajstić information content (AvgIpc) is 0.792. The number of nitrogens with zero attached hydrogens (tertiary/aromatic N) is 9. The second kappa shape index (κ2) is 64.2. The highest BCUT2D eigenvalue weighted by atomic mass is 79.9. The fourth-order valence-corrected chi connectivity index (χ4v) is 17.5. The van der Waals surface area contributed by atoms with E-state index in [9.17, 15) is 0 Å². The number of hydrogen-bond acceptors (Lipinski definition) is 16. The SMILES string of the molecule is CC1CCN(CCOC(c2ccccc2)c2ccccc2)CC1.CN(C)CCOC(C)(c1ccccc1)c1ccccn1.CN(C)CCOC(c1ccc(Cl)cc1)c1ccccn1.CN(C)CCOC(c1ccccc1)c1ccc(Br)cc1.CN(C)CCOC(c1ccccc1)c1ccccc1.CN1CCC(OC(c2ccccc2)c2ccccc2)CC1.CN1CCC(OC(c2ccccc2)c2ccccc2)CC1. The molecule has 0 amide bonds. The number of rotatable bonds is 38. The molecule has 16 nitrogen and oxygen atoms in total. The summed E-state index contributed by atoms with van der Waals surface area (Å²) in [5.74, 6) is 0.883. The van der Waals surface area contributed by atoms with Crippen molar-refractivity contribution in [3.63, 3.8) is 0 Å². The molecule has 5 heterocycles. The van der Waals surface area contributed by atoms with E-state index in [1.165, 1.54) is 81.6 Å². The summed E-state index contributed by atoms with van der Waals surface area (Å²) in [7, 11) is 20.7. The number of aromatic nitrogens is 2. The van der Waals surface area contributed by atoms with E-state index in [0.29, 0.717) is 32.0 Å². The lowest BCUT2D eigenvalue weighted by molar-refractivity contribution is -0.0235. The standard InChI is InChI=1S/C21H27NO.2C19H23NO.C17H20BrNO.C17H22N2O.C17H21NO.C16H19ClN2O/c1-18-12-14-22(15-13-18)16-17-23-21(19-8-4-2-5-9-19)20-10-6-3-7-11-20;2*1-20-14-12-18(13-15-20)21-19(16-8-4-2-5-9-16)17-10-6-3-7-11-17;1-19(2)12-13-20-17(14-6-4-3-5-7-14)15-8-10-16(18)11-9-15;1-17(20-14-13-19(2)3,15-9-5-4-6-10-15)16-11-7-8-12-18-16;1-18(2)13-14-19-17(15-9-5-3-6-10-15)16-11-7-4-8-12-16;1-19(2)11-12-20-16(15-5-3-4-10-18-15)13-6-8-14(17)9-7-13/h2-11,18,21H,12-17H2,1H3;2*2-11,18-19H,12-15H2,1H3;3-11,17H,12-13H2,1-2H3;4-12H,13-14H2,1-3H3;3-12,17H,13-14H2,1-2H3;3-10,16H,11-12H2,1-2H3. The largest absolute Gasteiger partial charge is 0.367 e. The first-order chi connectivity index (χ1) is 70.2. The molecule has 14 aromatic rings. The third-order valence-electron chi connectivity index (χ3n) is 25.7. The minimum Gasteiger partial charge on any atom is -0.367 e. The van der Waals surface area contributed by atoms with Gasteiger partial charge < -0.3 is 67.5 Å². The predicted molar refractivity (Wildman–Crippen MR) is 598 cm³/mol. The van der Waals surface area contributed by atoms with Crippen LogP contribution >= 0.6 is 27.5 Å². The molecule has 2 aromatic heterocycles. The van der Waals surface area contributed by atoms with Crippen LogP contribution in [0.4, 0.5) is 0 Å². The molecule has 0 radical (unpaired) electrons. The van der Waals surface area contributed by atoms with Gasteiger partial charge in [0.2, 0.25) is 0 Å². The highest BCUT2D eigenvalue weighted by Crippen LogP contribution is 2.37. The molecule has 3 aliphatic heterocycles. The molecule has 3 unspecified atom stereocenters. The Bertz CT molecular complexity index is 5210. The lowest BCUT2D eigenvalue weighted by atomic mass is 9.91. The highest BCUT2D eigenvalue weighted by molar-refractivity contribution is 9.10. The van der Waals surface area contributed by atoms with Gasteiger partial charge in [-0.3, -0.25) is 9.97 Å². The van der Waals surface area contributed by atoms with Crippen LogP contribution in [0, 0.1) is 5.92 Å².